The van der Waals surface area contributed by atoms with E-state index < -0.39 is 17.1 Å². The molecule has 2 amide bonds. The first-order chi connectivity index (χ1) is 10.0. The third-order valence-electron chi connectivity index (χ3n) is 3.47. The Bertz CT molecular complexity index is 763. The van der Waals surface area contributed by atoms with Crippen LogP contribution < -0.4 is 4.90 Å². The van der Waals surface area contributed by atoms with Gasteiger partial charge >= 0.3 is 0 Å². The van der Waals surface area contributed by atoms with E-state index in [1.807, 2.05) is 0 Å². The van der Waals surface area contributed by atoms with Crippen LogP contribution in [0.5, 0.6) is 0 Å². The summed E-state index contributed by atoms with van der Waals surface area (Å²) in [6.45, 7) is 1.77. The predicted octanol–water partition coefficient (Wildman–Crippen LogP) is 3.17. The van der Waals surface area contributed by atoms with Crippen molar-refractivity contribution in [1.29, 1.82) is 0 Å². The lowest BCUT2D eigenvalue weighted by Crippen LogP contribution is -2.30. The number of anilines is 1. The predicted molar refractivity (Wildman–Crippen MR) is 78.9 cm³/mol. The number of nitrogens with zero attached hydrogens (tertiary/aromatic N) is 1. The molecular weight excluding hydrogens is 290 g/mol. The second kappa shape index (κ2) is 4.82. The number of rotatable bonds is 2. The fraction of sp³-hybridized carbons (Fsp3) is 0.0625. The van der Waals surface area contributed by atoms with Crippen molar-refractivity contribution in [3.8, 4) is 0 Å². The number of imide groups is 1. The average Bonchev–Trinajstić information content (AvgIpc) is 2.72. The van der Waals surface area contributed by atoms with Gasteiger partial charge in [-0.2, -0.15) is 0 Å². The van der Waals surface area contributed by atoms with Crippen LogP contribution in [0.4, 0.5) is 5.69 Å². The maximum absolute atomic E-state index is 12.4. The van der Waals surface area contributed by atoms with E-state index in [1.54, 1.807) is 43.3 Å². The molecule has 0 bridgehead atoms. The summed E-state index contributed by atoms with van der Waals surface area (Å²) in [5.41, 5.74) is 2.07. The molecule has 2 aromatic rings. The van der Waals surface area contributed by atoms with Crippen LogP contribution in [0.3, 0.4) is 0 Å². The number of hydrogen-bond donors (Lipinski definition) is 0. The highest BCUT2D eigenvalue weighted by Crippen LogP contribution is 2.31. The fourth-order valence-electron chi connectivity index (χ4n) is 2.38. The first kappa shape index (κ1) is 13.5. The number of carbonyl (C=O) groups excluding carboxylic acids is 3. The van der Waals surface area contributed by atoms with Gasteiger partial charge < -0.3 is 0 Å². The van der Waals surface area contributed by atoms with Crippen molar-refractivity contribution in [3.63, 3.8) is 0 Å². The molecule has 0 N–H and O–H groups in total. The maximum Gasteiger partial charge on any atom is 0.266 e. The van der Waals surface area contributed by atoms with Gasteiger partial charge in [-0.25, -0.2) is 4.90 Å². The van der Waals surface area contributed by atoms with E-state index in [9.17, 15) is 14.4 Å². The molecule has 0 spiro atoms. The van der Waals surface area contributed by atoms with Crippen LogP contribution in [-0.4, -0.2) is 17.1 Å². The molecule has 0 unspecified atom stereocenters. The number of benzene rings is 2. The van der Waals surface area contributed by atoms with Gasteiger partial charge in [-0.15, -0.1) is 0 Å². The first-order valence-electron chi connectivity index (χ1n) is 6.29. The fourth-order valence-corrected chi connectivity index (χ4v) is 2.50. The SMILES string of the molecule is Cc1ccc(C(=O)Cl)cc1N1C(=O)c2ccccc2C1=O. The van der Waals surface area contributed by atoms with Gasteiger partial charge in [0.25, 0.3) is 17.1 Å². The summed E-state index contributed by atoms with van der Waals surface area (Å²) in [6, 6.07) is 11.3. The Kier molecular flexibility index (Phi) is 3.11. The molecule has 4 nitrogen and oxygen atoms in total. The molecule has 2 aromatic carbocycles. The number of hydrogen-bond acceptors (Lipinski definition) is 3. The van der Waals surface area contributed by atoms with Crippen LogP contribution in [0.15, 0.2) is 42.5 Å². The van der Waals surface area contributed by atoms with E-state index in [2.05, 4.69) is 0 Å². The summed E-state index contributed by atoms with van der Waals surface area (Å²) in [5, 5.41) is -0.632. The van der Waals surface area contributed by atoms with Crippen molar-refractivity contribution in [2.75, 3.05) is 4.90 Å². The quantitative estimate of drug-likeness (QED) is 0.632. The number of halogens is 1. The van der Waals surface area contributed by atoms with Gasteiger partial charge in [-0.3, -0.25) is 14.4 Å². The Balaban J connectivity index is 2.15. The van der Waals surface area contributed by atoms with Gasteiger partial charge in [0.1, 0.15) is 0 Å². The van der Waals surface area contributed by atoms with Crippen LogP contribution in [0, 0.1) is 6.92 Å². The average molecular weight is 300 g/mol. The highest BCUT2D eigenvalue weighted by molar-refractivity contribution is 6.67. The van der Waals surface area contributed by atoms with Crippen LogP contribution in [0.2, 0.25) is 0 Å². The van der Waals surface area contributed by atoms with E-state index in [0.29, 0.717) is 22.4 Å². The standard InChI is InChI=1S/C16H10ClNO3/c1-9-6-7-10(14(17)19)8-13(9)18-15(20)11-4-2-3-5-12(11)16(18)21/h2-8H,1H3. The molecule has 0 saturated carbocycles. The Morgan fingerprint density at radius 3 is 2.10 bits per heavy atom. The van der Waals surface area contributed by atoms with E-state index in [-0.39, 0.29) is 5.56 Å². The van der Waals surface area contributed by atoms with Crippen LogP contribution in [0.1, 0.15) is 36.6 Å². The molecule has 1 heterocycles. The van der Waals surface area contributed by atoms with Gasteiger partial charge in [0.2, 0.25) is 0 Å². The smallest absolute Gasteiger partial charge is 0.266 e. The van der Waals surface area contributed by atoms with Gasteiger partial charge in [0.15, 0.2) is 0 Å². The van der Waals surface area contributed by atoms with Gasteiger partial charge in [0, 0.05) is 5.56 Å². The number of amides is 2. The molecule has 0 fully saturated rings. The molecule has 3 rings (SSSR count). The second-order valence-electron chi connectivity index (χ2n) is 4.77. The molecule has 1 aliphatic rings. The molecule has 5 heteroatoms. The lowest BCUT2D eigenvalue weighted by atomic mass is 10.1. The summed E-state index contributed by atoms with van der Waals surface area (Å²) < 4.78 is 0. The highest BCUT2D eigenvalue weighted by Gasteiger charge is 2.37. The van der Waals surface area contributed by atoms with Crippen molar-refractivity contribution < 1.29 is 14.4 Å². The zero-order chi connectivity index (χ0) is 15.1. The Morgan fingerprint density at radius 2 is 1.57 bits per heavy atom. The summed E-state index contributed by atoms with van der Waals surface area (Å²) in [7, 11) is 0. The van der Waals surface area contributed by atoms with E-state index >= 15 is 0 Å². The molecule has 0 atom stereocenters. The minimum absolute atomic E-state index is 0.244. The zero-order valence-corrected chi connectivity index (χ0v) is 11.8. The zero-order valence-electron chi connectivity index (χ0n) is 11.1. The second-order valence-corrected chi connectivity index (χ2v) is 5.11. The lowest BCUT2D eigenvalue weighted by molar-refractivity contribution is 0.0924. The summed E-state index contributed by atoms with van der Waals surface area (Å²) >= 11 is 5.47. The lowest BCUT2D eigenvalue weighted by Gasteiger charge is -2.17. The maximum atomic E-state index is 12.4. The first-order valence-corrected chi connectivity index (χ1v) is 6.67. The normalized spacial score (nSPS) is 13.5. The largest absolute Gasteiger partial charge is 0.276 e. The topological polar surface area (TPSA) is 54.5 Å². The van der Waals surface area contributed by atoms with Gasteiger partial charge in [-0.1, -0.05) is 18.2 Å². The minimum Gasteiger partial charge on any atom is -0.276 e. The third kappa shape index (κ3) is 2.04. The van der Waals surface area contributed by atoms with Gasteiger partial charge in [-0.05, 0) is 48.4 Å². The molecule has 1 aliphatic heterocycles. The van der Waals surface area contributed by atoms with Crippen molar-refractivity contribution >= 4 is 34.3 Å². The van der Waals surface area contributed by atoms with E-state index in [4.69, 9.17) is 11.6 Å². The Morgan fingerprint density at radius 1 is 1.00 bits per heavy atom. The number of fused-ring (bicyclic) bond motifs is 1. The molecule has 0 radical (unpaired) electrons. The molecule has 104 valence electrons. The van der Waals surface area contributed by atoms with Crippen LogP contribution in [0.25, 0.3) is 0 Å². The number of carbonyl (C=O) groups is 3. The van der Waals surface area contributed by atoms with Gasteiger partial charge in [0.05, 0.1) is 16.8 Å². The van der Waals surface area contributed by atoms with Crippen LogP contribution in [-0.2, 0) is 0 Å². The molecule has 0 aliphatic carbocycles. The number of aryl methyl sites for hydroxylation is 1. The molecule has 21 heavy (non-hydrogen) atoms. The van der Waals surface area contributed by atoms with Crippen LogP contribution >= 0.6 is 11.6 Å². The van der Waals surface area contributed by atoms with Crippen molar-refractivity contribution in [1.82, 2.24) is 0 Å². The van der Waals surface area contributed by atoms with Crippen molar-refractivity contribution in [2.24, 2.45) is 0 Å². The minimum atomic E-state index is -0.632. The summed E-state index contributed by atoms with van der Waals surface area (Å²) in [4.78, 5) is 37.2. The van der Waals surface area contributed by atoms with E-state index in [0.717, 1.165) is 4.90 Å². The molecule has 0 aromatic heterocycles. The third-order valence-corrected chi connectivity index (χ3v) is 3.69. The summed E-state index contributed by atoms with van der Waals surface area (Å²) in [6.07, 6.45) is 0. The monoisotopic (exact) mass is 299 g/mol. The van der Waals surface area contributed by atoms with E-state index in [1.165, 1.54) is 6.07 Å². The van der Waals surface area contributed by atoms with Crippen molar-refractivity contribution in [3.05, 3.63) is 64.7 Å². The molecular formula is C16H10ClNO3. The highest BCUT2D eigenvalue weighted by atomic mass is 35.5. The Labute approximate surface area is 125 Å². The van der Waals surface area contributed by atoms with Crippen molar-refractivity contribution in [2.45, 2.75) is 6.92 Å². The Hall–Kier alpha value is -2.46. The summed E-state index contributed by atoms with van der Waals surface area (Å²) in [5.74, 6) is -0.782. The molecule has 0 saturated heterocycles.